The Morgan fingerprint density at radius 3 is 1.34 bits per heavy atom. The zero-order valence-electron chi connectivity index (χ0n) is 44.6. The number of quaternary nitrogens is 1. The highest BCUT2D eigenvalue weighted by atomic mass is 31.2. The lowest BCUT2D eigenvalue weighted by Crippen LogP contribution is -2.45. The number of hydrogen-bond donors (Lipinski definition) is 3. The number of likely N-dealkylation sites (N-methyl/N-ethyl adjacent to an activating group) is 1. The van der Waals surface area contributed by atoms with Crippen LogP contribution in [0.15, 0.2) is 60.8 Å². The van der Waals surface area contributed by atoms with E-state index in [1.807, 2.05) is 27.2 Å². The maximum Gasteiger partial charge on any atom is 0.472 e. The van der Waals surface area contributed by atoms with Crippen LogP contribution in [0.3, 0.4) is 0 Å². The van der Waals surface area contributed by atoms with Gasteiger partial charge in [0.15, 0.2) is 0 Å². The minimum absolute atomic E-state index is 0.0522. The van der Waals surface area contributed by atoms with Crippen molar-refractivity contribution in [1.82, 2.24) is 5.32 Å². The number of unbranched alkanes of at least 4 members (excludes halogenated alkanes) is 30. The molecule has 3 atom stereocenters. The fourth-order valence-electron chi connectivity index (χ4n) is 8.05. The number of phosphoric ester groups is 1. The molecule has 0 aliphatic rings. The minimum Gasteiger partial charge on any atom is -0.387 e. The van der Waals surface area contributed by atoms with Gasteiger partial charge in [0.05, 0.1) is 39.9 Å². The molecule has 0 aromatic rings. The topological polar surface area (TPSA) is 105 Å². The molecule has 0 aromatic heterocycles. The summed E-state index contributed by atoms with van der Waals surface area (Å²) in [5, 5.41) is 13.8. The lowest BCUT2D eigenvalue weighted by molar-refractivity contribution is -0.870. The molecule has 392 valence electrons. The molecule has 0 aromatic carbocycles. The Kier molecular flexibility index (Phi) is 47.9. The van der Waals surface area contributed by atoms with E-state index in [-0.39, 0.29) is 19.1 Å². The molecule has 9 heteroatoms. The van der Waals surface area contributed by atoms with Gasteiger partial charge in [-0.15, -0.1) is 0 Å². The first-order valence-corrected chi connectivity index (χ1v) is 29.7. The van der Waals surface area contributed by atoms with Gasteiger partial charge < -0.3 is 19.8 Å². The van der Waals surface area contributed by atoms with E-state index in [1.165, 1.54) is 173 Å². The number of aliphatic hydroxyl groups excluding tert-OH is 1. The van der Waals surface area contributed by atoms with Crippen LogP contribution in [-0.4, -0.2) is 73.4 Å². The van der Waals surface area contributed by atoms with Crippen LogP contribution < -0.4 is 5.32 Å². The number of phosphoric acid groups is 1. The molecule has 3 N–H and O–H groups in total. The number of allylic oxidation sites excluding steroid dienone is 9. The van der Waals surface area contributed by atoms with Crippen molar-refractivity contribution in [1.29, 1.82) is 0 Å². The predicted octanol–water partition coefficient (Wildman–Crippen LogP) is 16.9. The van der Waals surface area contributed by atoms with E-state index < -0.39 is 20.0 Å². The maximum atomic E-state index is 12.9. The van der Waals surface area contributed by atoms with E-state index in [4.69, 9.17) is 9.05 Å². The van der Waals surface area contributed by atoms with E-state index in [0.29, 0.717) is 17.4 Å². The molecule has 0 aliphatic carbocycles. The molecule has 1 amide bonds. The molecular weight excluding hydrogens is 852 g/mol. The molecule has 0 saturated heterocycles. The third-order valence-electron chi connectivity index (χ3n) is 12.4. The number of nitrogens with one attached hydrogen (secondary N) is 1. The second-order valence-electron chi connectivity index (χ2n) is 20.3. The van der Waals surface area contributed by atoms with Crippen LogP contribution in [0.1, 0.15) is 251 Å². The lowest BCUT2D eigenvalue weighted by Gasteiger charge is -2.25. The van der Waals surface area contributed by atoms with Crippen molar-refractivity contribution in [2.45, 2.75) is 264 Å². The number of carbonyl (C=O) groups excluding carboxylic acids is 1. The van der Waals surface area contributed by atoms with Gasteiger partial charge in [-0.05, 0) is 70.6 Å². The Labute approximate surface area is 415 Å². The summed E-state index contributed by atoms with van der Waals surface area (Å²) in [5.41, 5.74) is 0. The molecule has 0 rings (SSSR count). The Morgan fingerprint density at radius 2 is 0.910 bits per heavy atom. The fourth-order valence-corrected chi connectivity index (χ4v) is 8.79. The molecule has 67 heavy (non-hydrogen) atoms. The van der Waals surface area contributed by atoms with Crippen LogP contribution in [0.5, 0.6) is 0 Å². The van der Waals surface area contributed by atoms with E-state index in [1.54, 1.807) is 6.08 Å². The smallest absolute Gasteiger partial charge is 0.387 e. The quantitative estimate of drug-likeness (QED) is 0.0243. The molecule has 0 saturated carbocycles. The van der Waals surface area contributed by atoms with Gasteiger partial charge in [0.25, 0.3) is 0 Å². The largest absolute Gasteiger partial charge is 0.472 e. The van der Waals surface area contributed by atoms with Crippen molar-refractivity contribution in [3.8, 4) is 0 Å². The van der Waals surface area contributed by atoms with Crippen LogP contribution >= 0.6 is 7.82 Å². The summed E-state index contributed by atoms with van der Waals surface area (Å²) in [5.74, 6) is -0.193. The third kappa shape index (κ3) is 51.9. The second-order valence-corrected chi connectivity index (χ2v) is 21.7. The summed E-state index contributed by atoms with van der Waals surface area (Å²) in [6.45, 7) is 4.67. The molecule has 0 spiro atoms. The van der Waals surface area contributed by atoms with Crippen molar-refractivity contribution in [3.05, 3.63) is 60.8 Å². The highest BCUT2D eigenvalue weighted by molar-refractivity contribution is 7.47. The van der Waals surface area contributed by atoms with E-state index in [0.717, 1.165) is 57.8 Å². The monoisotopic (exact) mass is 962 g/mol. The Balaban J connectivity index is 3.94. The van der Waals surface area contributed by atoms with E-state index >= 15 is 0 Å². The number of hydrogen-bond acceptors (Lipinski definition) is 5. The average Bonchev–Trinajstić information content (AvgIpc) is 3.29. The SMILES string of the molecule is CC/C=C/CC/C=C/CC/C=C/C(O)C(COP(=O)(O)OCC[N+](C)(C)C)NC(=O)CCCCCCCCCCCCCCCCCCC/C=C\C/C=C\CCCCCCCCCCCCC. The van der Waals surface area contributed by atoms with Gasteiger partial charge in [-0.3, -0.25) is 13.8 Å². The standard InChI is InChI=1S/C58H109N2O6P/c1-6-8-10-12-14-16-18-19-20-21-22-23-24-25-26-27-28-29-30-31-32-33-34-35-36-37-38-39-40-41-42-44-46-48-50-52-58(62)59-56(55-66-67(63,64)65-54-53-60(3,4)5)57(61)51-49-47-45-43-17-15-13-11-9-7-2/h9,11,17,24-25,27-28,43,49,51,56-57,61H,6-8,10,12-16,18-23,26,29-42,44-48,50,52-55H2,1-5H3,(H-,59,62,63,64)/p+1/b11-9+,25-24-,28-27-,43-17+,51-49+. The first-order valence-electron chi connectivity index (χ1n) is 28.2. The van der Waals surface area contributed by atoms with Crippen LogP contribution in [-0.2, 0) is 18.4 Å². The van der Waals surface area contributed by atoms with Crippen molar-refractivity contribution in [2.75, 3.05) is 40.9 Å². The first-order chi connectivity index (χ1) is 32.5. The van der Waals surface area contributed by atoms with Crippen molar-refractivity contribution in [2.24, 2.45) is 0 Å². The first kappa shape index (κ1) is 65.2. The zero-order valence-corrected chi connectivity index (χ0v) is 45.5. The second kappa shape index (κ2) is 49.2. The Bertz CT molecular complexity index is 1270. The third-order valence-corrected chi connectivity index (χ3v) is 13.4. The van der Waals surface area contributed by atoms with Crippen LogP contribution in [0, 0.1) is 0 Å². The Hall–Kier alpha value is -1.80. The summed E-state index contributed by atoms with van der Waals surface area (Å²) in [4.78, 5) is 23.2. The molecule has 0 bridgehead atoms. The predicted molar refractivity (Wildman–Crippen MR) is 290 cm³/mol. The number of aliphatic hydroxyl groups is 1. The van der Waals surface area contributed by atoms with E-state index in [9.17, 15) is 19.4 Å². The summed E-state index contributed by atoms with van der Waals surface area (Å²) in [7, 11) is 1.54. The highest BCUT2D eigenvalue weighted by Gasteiger charge is 2.27. The normalized spacial score (nSPS) is 14.4. The number of amides is 1. The van der Waals surface area contributed by atoms with Gasteiger partial charge in [0.1, 0.15) is 13.2 Å². The van der Waals surface area contributed by atoms with Crippen molar-refractivity contribution < 1.29 is 32.9 Å². The van der Waals surface area contributed by atoms with Gasteiger partial charge >= 0.3 is 7.82 Å². The fraction of sp³-hybridized carbons (Fsp3) is 0.810. The molecule has 0 aliphatic heterocycles. The number of rotatable bonds is 51. The van der Waals surface area contributed by atoms with Crippen LogP contribution in [0.4, 0.5) is 0 Å². The molecule has 8 nitrogen and oxygen atoms in total. The lowest BCUT2D eigenvalue weighted by atomic mass is 10.0. The molecule has 0 fully saturated rings. The van der Waals surface area contributed by atoms with Crippen LogP contribution in [0.2, 0.25) is 0 Å². The molecule has 3 unspecified atom stereocenters. The zero-order chi connectivity index (χ0) is 49.2. The highest BCUT2D eigenvalue weighted by Crippen LogP contribution is 2.43. The number of nitrogens with zero attached hydrogens (tertiary/aromatic N) is 1. The van der Waals surface area contributed by atoms with Crippen molar-refractivity contribution in [3.63, 3.8) is 0 Å². The summed E-state index contributed by atoms with van der Waals surface area (Å²) < 4.78 is 23.5. The van der Waals surface area contributed by atoms with Gasteiger partial charge in [-0.25, -0.2) is 4.57 Å². The number of carbonyl (C=O) groups is 1. The Morgan fingerprint density at radius 1 is 0.522 bits per heavy atom. The van der Waals surface area contributed by atoms with E-state index in [2.05, 4.69) is 67.8 Å². The maximum absolute atomic E-state index is 12.9. The molecule has 0 radical (unpaired) electrons. The van der Waals surface area contributed by atoms with Gasteiger partial charge in [0, 0.05) is 6.42 Å². The summed E-state index contributed by atoms with van der Waals surface area (Å²) in [6, 6.07) is -0.869. The average molecular weight is 962 g/mol. The summed E-state index contributed by atoms with van der Waals surface area (Å²) >= 11 is 0. The molecule has 0 heterocycles. The van der Waals surface area contributed by atoms with Crippen molar-refractivity contribution >= 4 is 13.7 Å². The molecular formula is C58H110N2O6P+. The minimum atomic E-state index is -4.35. The van der Waals surface area contributed by atoms with Gasteiger partial charge in [-0.1, -0.05) is 235 Å². The van der Waals surface area contributed by atoms with Gasteiger partial charge in [-0.2, -0.15) is 0 Å². The summed E-state index contributed by atoms with van der Waals surface area (Å²) in [6.07, 6.45) is 66.5. The van der Waals surface area contributed by atoms with Crippen LogP contribution in [0.25, 0.3) is 0 Å². The van der Waals surface area contributed by atoms with Gasteiger partial charge in [0.2, 0.25) is 5.91 Å².